The SMILES string of the molecule is CCc1cc(NS(=O)(=O)c2cc(Cl)ccc2C#N)n[nH]1. The number of sulfonamides is 1. The third-order valence-corrected chi connectivity index (χ3v) is 4.23. The Labute approximate surface area is 121 Å². The maximum atomic E-state index is 12.3. The minimum Gasteiger partial charge on any atom is -0.280 e. The van der Waals surface area contributed by atoms with Crippen molar-refractivity contribution in [3.8, 4) is 6.07 Å². The van der Waals surface area contributed by atoms with Gasteiger partial charge >= 0.3 is 0 Å². The van der Waals surface area contributed by atoms with E-state index in [1.807, 2.05) is 13.0 Å². The fourth-order valence-electron chi connectivity index (χ4n) is 1.60. The van der Waals surface area contributed by atoms with E-state index < -0.39 is 10.0 Å². The Hall–Kier alpha value is -2.04. The Bertz CT molecular complexity index is 777. The summed E-state index contributed by atoms with van der Waals surface area (Å²) >= 11 is 5.79. The number of hydrogen-bond acceptors (Lipinski definition) is 4. The van der Waals surface area contributed by atoms with E-state index in [4.69, 9.17) is 16.9 Å². The van der Waals surface area contributed by atoms with Crippen LogP contribution in [-0.2, 0) is 16.4 Å². The van der Waals surface area contributed by atoms with Crippen molar-refractivity contribution in [2.24, 2.45) is 0 Å². The highest BCUT2D eigenvalue weighted by Crippen LogP contribution is 2.22. The van der Waals surface area contributed by atoms with E-state index in [1.165, 1.54) is 18.2 Å². The number of halogens is 1. The van der Waals surface area contributed by atoms with Crippen molar-refractivity contribution >= 4 is 27.4 Å². The largest absolute Gasteiger partial charge is 0.280 e. The summed E-state index contributed by atoms with van der Waals surface area (Å²) in [4.78, 5) is -0.173. The normalized spacial score (nSPS) is 11.1. The van der Waals surface area contributed by atoms with Gasteiger partial charge < -0.3 is 0 Å². The third kappa shape index (κ3) is 2.92. The van der Waals surface area contributed by atoms with Crippen LogP contribution in [0, 0.1) is 11.3 Å². The van der Waals surface area contributed by atoms with Crippen molar-refractivity contribution in [1.82, 2.24) is 10.2 Å². The minimum atomic E-state index is -3.91. The number of aryl methyl sites for hydroxylation is 1. The Morgan fingerprint density at radius 1 is 1.45 bits per heavy atom. The highest BCUT2D eigenvalue weighted by Gasteiger charge is 2.20. The molecule has 0 aliphatic rings. The standard InChI is InChI=1S/C12H11ClN4O2S/c1-2-10-6-12(16-15-10)17-20(18,19)11-5-9(13)4-3-8(11)7-14/h3-6H,2H2,1H3,(H2,15,16,17). The summed E-state index contributed by atoms with van der Waals surface area (Å²) in [5, 5.41) is 15.8. The zero-order valence-corrected chi connectivity index (χ0v) is 12.1. The average Bonchev–Trinajstić information content (AvgIpc) is 2.85. The number of nitriles is 1. The first-order chi connectivity index (χ1) is 9.46. The summed E-state index contributed by atoms with van der Waals surface area (Å²) in [6.45, 7) is 1.91. The Morgan fingerprint density at radius 3 is 2.80 bits per heavy atom. The smallest absolute Gasteiger partial charge is 0.264 e. The van der Waals surface area contributed by atoms with Crippen molar-refractivity contribution in [3.63, 3.8) is 0 Å². The summed E-state index contributed by atoms with van der Waals surface area (Å²) in [7, 11) is -3.91. The number of benzene rings is 1. The van der Waals surface area contributed by atoms with Gasteiger partial charge in [0.25, 0.3) is 10.0 Å². The lowest BCUT2D eigenvalue weighted by atomic mass is 10.2. The van der Waals surface area contributed by atoms with Gasteiger partial charge in [0, 0.05) is 16.8 Å². The molecule has 2 rings (SSSR count). The van der Waals surface area contributed by atoms with Crippen molar-refractivity contribution in [1.29, 1.82) is 5.26 Å². The Kier molecular flexibility index (Phi) is 3.97. The van der Waals surface area contributed by atoms with Crippen molar-refractivity contribution < 1.29 is 8.42 Å². The van der Waals surface area contributed by atoms with Crippen LogP contribution in [0.25, 0.3) is 0 Å². The van der Waals surface area contributed by atoms with E-state index in [0.29, 0.717) is 6.42 Å². The lowest BCUT2D eigenvalue weighted by Gasteiger charge is -2.07. The third-order valence-electron chi connectivity index (χ3n) is 2.60. The molecule has 0 amide bonds. The molecule has 0 radical (unpaired) electrons. The number of nitrogens with one attached hydrogen (secondary N) is 2. The molecular weight excluding hydrogens is 300 g/mol. The number of nitrogens with zero attached hydrogens (tertiary/aromatic N) is 2. The van der Waals surface area contributed by atoms with Crippen LogP contribution in [0.3, 0.4) is 0 Å². The van der Waals surface area contributed by atoms with Crippen LogP contribution in [0.5, 0.6) is 0 Å². The van der Waals surface area contributed by atoms with Gasteiger partial charge in [-0.05, 0) is 24.6 Å². The summed E-state index contributed by atoms with van der Waals surface area (Å²) in [5.41, 5.74) is 0.822. The molecule has 1 heterocycles. The maximum Gasteiger partial charge on any atom is 0.264 e. The predicted octanol–water partition coefficient (Wildman–Crippen LogP) is 2.30. The van der Waals surface area contributed by atoms with Gasteiger partial charge in [-0.15, -0.1) is 0 Å². The predicted molar refractivity (Wildman–Crippen MR) is 74.9 cm³/mol. The molecule has 2 N–H and O–H groups in total. The van der Waals surface area contributed by atoms with E-state index in [0.717, 1.165) is 5.69 Å². The molecule has 0 saturated heterocycles. The van der Waals surface area contributed by atoms with Gasteiger partial charge in [-0.3, -0.25) is 9.82 Å². The molecule has 0 atom stereocenters. The molecule has 104 valence electrons. The van der Waals surface area contributed by atoms with Crippen LogP contribution in [0.1, 0.15) is 18.2 Å². The molecule has 0 aliphatic carbocycles. The molecule has 20 heavy (non-hydrogen) atoms. The van der Waals surface area contributed by atoms with Crippen molar-refractivity contribution in [3.05, 3.63) is 40.5 Å². The van der Waals surface area contributed by atoms with Crippen LogP contribution in [-0.4, -0.2) is 18.6 Å². The molecule has 0 spiro atoms. The molecule has 2 aromatic rings. The fraction of sp³-hybridized carbons (Fsp3) is 0.167. The Balaban J connectivity index is 2.40. The van der Waals surface area contributed by atoms with Crippen LogP contribution in [0.15, 0.2) is 29.2 Å². The number of aromatic amines is 1. The van der Waals surface area contributed by atoms with Gasteiger partial charge in [0.1, 0.15) is 11.0 Å². The number of aromatic nitrogens is 2. The van der Waals surface area contributed by atoms with E-state index in [-0.39, 0.29) is 21.3 Å². The van der Waals surface area contributed by atoms with Gasteiger partial charge in [0.2, 0.25) is 0 Å². The van der Waals surface area contributed by atoms with Crippen LogP contribution >= 0.6 is 11.6 Å². The minimum absolute atomic E-state index is 0.0214. The lowest BCUT2D eigenvalue weighted by Crippen LogP contribution is -2.14. The van der Waals surface area contributed by atoms with Gasteiger partial charge in [0.15, 0.2) is 5.82 Å². The van der Waals surface area contributed by atoms with Gasteiger partial charge in [-0.2, -0.15) is 10.4 Å². The molecule has 1 aromatic heterocycles. The van der Waals surface area contributed by atoms with Gasteiger partial charge in [-0.25, -0.2) is 8.42 Å². The second kappa shape index (κ2) is 5.53. The second-order valence-corrected chi connectivity index (χ2v) is 6.08. The first-order valence-electron chi connectivity index (χ1n) is 5.73. The lowest BCUT2D eigenvalue weighted by molar-refractivity contribution is 0.600. The van der Waals surface area contributed by atoms with E-state index in [2.05, 4.69) is 14.9 Å². The van der Waals surface area contributed by atoms with Crippen LogP contribution < -0.4 is 4.72 Å². The van der Waals surface area contributed by atoms with E-state index >= 15 is 0 Å². The average molecular weight is 311 g/mol. The topological polar surface area (TPSA) is 98.6 Å². The summed E-state index contributed by atoms with van der Waals surface area (Å²) < 4.78 is 26.8. The number of hydrogen-bond donors (Lipinski definition) is 2. The molecule has 0 bridgehead atoms. The zero-order chi connectivity index (χ0) is 14.8. The van der Waals surface area contributed by atoms with Crippen molar-refractivity contribution in [2.45, 2.75) is 18.2 Å². The molecule has 1 aromatic carbocycles. The highest BCUT2D eigenvalue weighted by molar-refractivity contribution is 7.92. The molecule has 0 saturated carbocycles. The number of H-pyrrole nitrogens is 1. The van der Waals surface area contributed by atoms with Gasteiger partial charge in [0.05, 0.1) is 5.56 Å². The summed E-state index contributed by atoms with van der Waals surface area (Å²) in [5.74, 6) is 0.172. The highest BCUT2D eigenvalue weighted by atomic mass is 35.5. The van der Waals surface area contributed by atoms with Crippen LogP contribution in [0.4, 0.5) is 5.82 Å². The molecule has 6 nitrogen and oxygen atoms in total. The maximum absolute atomic E-state index is 12.3. The van der Waals surface area contributed by atoms with Crippen LogP contribution in [0.2, 0.25) is 5.02 Å². The molecular formula is C12H11ClN4O2S. The molecule has 0 aliphatic heterocycles. The number of rotatable bonds is 4. The van der Waals surface area contributed by atoms with E-state index in [9.17, 15) is 8.42 Å². The first-order valence-corrected chi connectivity index (χ1v) is 7.59. The summed E-state index contributed by atoms with van der Waals surface area (Å²) in [6.07, 6.45) is 0.704. The molecule has 0 unspecified atom stereocenters. The zero-order valence-electron chi connectivity index (χ0n) is 10.5. The second-order valence-electron chi connectivity index (χ2n) is 3.99. The van der Waals surface area contributed by atoms with Gasteiger partial charge in [-0.1, -0.05) is 18.5 Å². The summed E-state index contributed by atoms with van der Waals surface area (Å²) in [6, 6.07) is 7.47. The Morgan fingerprint density at radius 2 is 2.20 bits per heavy atom. The molecule has 8 heteroatoms. The quantitative estimate of drug-likeness (QED) is 0.905. The van der Waals surface area contributed by atoms with E-state index in [1.54, 1.807) is 6.07 Å². The van der Waals surface area contributed by atoms with Crippen molar-refractivity contribution in [2.75, 3.05) is 4.72 Å². The number of anilines is 1. The first kappa shape index (κ1) is 14.4. The monoisotopic (exact) mass is 310 g/mol. The fourth-order valence-corrected chi connectivity index (χ4v) is 3.01. The molecule has 0 fully saturated rings.